The lowest BCUT2D eigenvalue weighted by atomic mass is 10.3. The molecule has 0 aliphatic carbocycles. The molecule has 0 spiro atoms. The molecular weight excluding hydrogens is 302 g/mol. The van der Waals surface area contributed by atoms with E-state index in [9.17, 15) is 4.79 Å². The number of nitrogens with zero attached hydrogens (tertiary/aromatic N) is 4. The molecule has 2 aromatic rings. The molecule has 0 unspecified atom stereocenters. The Hall–Kier alpha value is -2.53. The molecule has 0 saturated carbocycles. The Kier molecular flexibility index (Phi) is 5.80. The zero-order valence-electron chi connectivity index (χ0n) is 12.1. The number of rotatable bonds is 7. The van der Waals surface area contributed by atoms with Crippen LogP contribution in [0, 0.1) is 11.3 Å². The van der Waals surface area contributed by atoms with Crippen LogP contribution in [0.3, 0.4) is 0 Å². The van der Waals surface area contributed by atoms with E-state index in [-0.39, 0.29) is 5.97 Å². The van der Waals surface area contributed by atoms with Crippen molar-refractivity contribution >= 4 is 23.1 Å². The van der Waals surface area contributed by atoms with E-state index in [1.165, 1.54) is 11.3 Å². The molecule has 0 aliphatic rings. The Morgan fingerprint density at radius 1 is 1.45 bits per heavy atom. The average Bonchev–Trinajstić information content (AvgIpc) is 2.99. The SMILES string of the molecule is CCOC(=O)CCc1nnc(CNc2cc(C#N)ccn2)s1. The highest BCUT2D eigenvalue weighted by Crippen LogP contribution is 2.14. The van der Waals surface area contributed by atoms with Gasteiger partial charge in [0, 0.05) is 12.6 Å². The summed E-state index contributed by atoms with van der Waals surface area (Å²) >= 11 is 1.44. The van der Waals surface area contributed by atoms with Crippen LogP contribution >= 0.6 is 11.3 Å². The molecule has 0 saturated heterocycles. The molecule has 8 heteroatoms. The normalized spacial score (nSPS) is 10.0. The van der Waals surface area contributed by atoms with Crippen molar-refractivity contribution in [3.8, 4) is 6.07 Å². The molecule has 0 atom stereocenters. The van der Waals surface area contributed by atoms with Gasteiger partial charge in [0.05, 0.1) is 31.2 Å². The summed E-state index contributed by atoms with van der Waals surface area (Å²) < 4.78 is 4.87. The Balaban J connectivity index is 1.84. The van der Waals surface area contributed by atoms with Crippen molar-refractivity contribution in [2.24, 2.45) is 0 Å². The van der Waals surface area contributed by atoms with Crippen LogP contribution in [-0.4, -0.2) is 27.8 Å². The molecule has 114 valence electrons. The van der Waals surface area contributed by atoms with Gasteiger partial charge in [0.25, 0.3) is 0 Å². The van der Waals surface area contributed by atoms with E-state index in [2.05, 4.69) is 26.6 Å². The van der Waals surface area contributed by atoms with Gasteiger partial charge in [-0.3, -0.25) is 4.79 Å². The summed E-state index contributed by atoms with van der Waals surface area (Å²) in [6.07, 6.45) is 2.41. The van der Waals surface area contributed by atoms with Crippen molar-refractivity contribution < 1.29 is 9.53 Å². The van der Waals surface area contributed by atoms with Gasteiger partial charge >= 0.3 is 5.97 Å². The predicted molar refractivity (Wildman–Crippen MR) is 81.1 cm³/mol. The molecule has 7 nitrogen and oxygen atoms in total. The third kappa shape index (κ3) is 4.79. The van der Waals surface area contributed by atoms with Crippen molar-refractivity contribution in [3.63, 3.8) is 0 Å². The largest absolute Gasteiger partial charge is 0.466 e. The molecule has 2 aromatic heterocycles. The molecule has 0 fully saturated rings. The molecule has 2 heterocycles. The van der Waals surface area contributed by atoms with Crippen molar-refractivity contribution in [2.45, 2.75) is 26.3 Å². The van der Waals surface area contributed by atoms with Crippen molar-refractivity contribution in [1.29, 1.82) is 5.26 Å². The van der Waals surface area contributed by atoms with Crippen molar-refractivity contribution in [1.82, 2.24) is 15.2 Å². The summed E-state index contributed by atoms with van der Waals surface area (Å²) in [4.78, 5) is 15.4. The molecule has 0 radical (unpaired) electrons. The molecule has 2 rings (SSSR count). The second-order valence-electron chi connectivity index (χ2n) is 4.29. The number of ether oxygens (including phenoxy) is 1. The van der Waals surface area contributed by atoms with Crippen LogP contribution in [0.4, 0.5) is 5.82 Å². The van der Waals surface area contributed by atoms with E-state index >= 15 is 0 Å². The Labute approximate surface area is 132 Å². The number of carbonyl (C=O) groups excluding carboxylic acids is 1. The van der Waals surface area contributed by atoms with Crippen LogP contribution in [-0.2, 0) is 22.5 Å². The first-order valence-corrected chi connectivity index (χ1v) is 7.59. The van der Waals surface area contributed by atoms with Crippen LogP contribution in [0.1, 0.15) is 28.9 Å². The number of nitrogens with one attached hydrogen (secondary N) is 1. The fourth-order valence-electron chi connectivity index (χ4n) is 1.67. The van der Waals surface area contributed by atoms with E-state index < -0.39 is 0 Å². The maximum Gasteiger partial charge on any atom is 0.306 e. The number of hydrogen-bond donors (Lipinski definition) is 1. The summed E-state index contributed by atoms with van der Waals surface area (Å²) in [6, 6.07) is 5.37. The fourth-order valence-corrected chi connectivity index (χ4v) is 2.45. The maximum atomic E-state index is 11.3. The standard InChI is InChI=1S/C14H15N5O2S/c1-2-21-14(20)4-3-12-18-19-13(22-12)9-17-11-7-10(8-15)5-6-16-11/h5-7H,2-4,9H2,1H3,(H,16,17). The number of aromatic nitrogens is 3. The first kappa shape index (κ1) is 15.9. The highest BCUT2D eigenvalue weighted by atomic mass is 32.1. The number of hydrogen-bond acceptors (Lipinski definition) is 8. The summed E-state index contributed by atoms with van der Waals surface area (Å²) in [6.45, 7) is 2.64. The molecule has 22 heavy (non-hydrogen) atoms. The summed E-state index contributed by atoms with van der Waals surface area (Å²) in [5.41, 5.74) is 0.546. The lowest BCUT2D eigenvalue weighted by molar-refractivity contribution is -0.143. The molecule has 0 amide bonds. The lowest BCUT2D eigenvalue weighted by Gasteiger charge is -2.02. The lowest BCUT2D eigenvalue weighted by Crippen LogP contribution is -2.04. The van der Waals surface area contributed by atoms with Gasteiger partial charge in [0.1, 0.15) is 15.8 Å². The quantitative estimate of drug-likeness (QED) is 0.778. The minimum Gasteiger partial charge on any atom is -0.466 e. The number of nitriles is 1. The topological polar surface area (TPSA) is 101 Å². The van der Waals surface area contributed by atoms with Crippen LogP contribution in [0.25, 0.3) is 0 Å². The Bertz CT molecular complexity index is 680. The smallest absolute Gasteiger partial charge is 0.306 e. The third-order valence-corrected chi connectivity index (χ3v) is 3.65. The van der Waals surface area contributed by atoms with Gasteiger partial charge in [0.15, 0.2) is 0 Å². The van der Waals surface area contributed by atoms with E-state index in [4.69, 9.17) is 10.00 Å². The van der Waals surface area contributed by atoms with Crippen molar-refractivity contribution in [3.05, 3.63) is 33.9 Å². The average molecular weight is 317 g/mol. The number of esters is 1. The summed E-state index contributed by atoms with van der Waals surface area (Å²) in [5, 5.41) is 21.6. The summed E-state index contributed by atoms with van der Waals surface area (Å²) in [7, 11) is 0. The summed E-state index contributed by atoms with van der Waals surface area (Å²) in [5.74, 6) is 0.386. The second kappa shape index (κ2) is 8.05. The van der Waals surface area contributed by atoms with Gasteiger partial charge in [-0.2, -0.15) is 5.26 Å². The molecule has 0 aliphatic heterocycles. The maximum absolute atomic E-state index is 11.3. The van der Waals surface area contributed by atoms with Gasteiger partial charge in [-0.15, -0.1) is 10.2 Å². The minimum absolute atomic E-state index is 0.227. The van der Waals surface area contributed by atoms with Gasteiger partial charge in [-0.05, 0) is 19.1 Å². The Morgan fingerprint density at radius 3 is 3.05 bits per heavy atom. The second-order valence-corrected chi connectivity index (χ2v) is 5.44. The van der Waals surface area contributed by atoms with Gasteiger partial charge in [0.2, 0.25) is 0 Å². The number of carbonyl (C=O) groups is 1. The highest BCUT2D eigenvalue weighted by molar-refractivity contribution is 7.11. The fraction of sp³-hybridized carbons (Fsp3) is 0.357. The van der Waals surface area contributed by atoms with Gasteiger partial charge < -0.3 is 10.1 Å². The van der Waals surface area contributed by atoms with E-state index in [1.807, 2.05) is 0 Å². The van der Waals surface area contributed by atoms with Crippen LogP contribution in [0.5, 0.6) is 0 Å². The first-order valence-electron chi connectivity index (χ1n) is 6.78. The van der Waals surface area contributed by atoms with Crippen molar-refractivity contribution in [2.75, 3.05) is 11.9 Å². The molecular formula is C14H15N5O2S. The van der Waals surface area contributed by atoms with Crippen LogP contribution in [0.15, 0.2) is 18.3 Å². The van der Waals surface area contributed by atoms with E-state index in [0.717, 1.165) is 10.0 Å². The zero-order valence-corrected chi connectivity index (χ0v) is 12.9. The van der Waals surface area contributed by atoms with Crippen LogP contribution < -0.4 is 5.32 Å². The highest BCUT2D eigenvalue weighted by Gasteiger charge is 2.08. The Morgan fingerprint density at radius 2 is 2.27 bits per heavy atom. The van der Waals surface area contributed by atoms with Gasteiger partial charge in [-0.1, -0.05) is 11.3 Å². The predicted octanol–water partition coefficient (Wildman–Crippen LogP) is 1.91. The monoisotopic (exact) mass is 317 g/mol. The number of pyridine rings is 1. The van der Waals surface area contributed by atoms with Crippen LogP contribution in [0.2, 0.25) is 0 Å². The number of aryl methyl sites for hydroxylation is 1. The third-order valence-electron chi connectivity index (χ3n) is 2.67. The van der Waals surface area contributed by atoms with E-state index in [0.29, 0.717) is 37.4 Å². The zero-order chi connectivity index (χ0) is 15.8. The minimum atomic E-state index is -0.227. The first-order chi connectivity index (χ1) is 10.7. The molecule has 0 aromatic carbocycles. The molecule has 1 N–H and O–H groups in total. The van der Waals surface area contributed by atoms with E-state index in [1.54, 1.807) is 25.3 Å². The van der Waals surface area contributed by atoms with Gasteiger partial charge in [-0.25, -0.2) is 4.98 Å². The molecule has 0 bridgehead atoms. The number of anilines is 1.